The zero-order valence-corrected chi connectivity index (χ0v) is 14.7. The molecule has 1 N–H and O–H groups in total. The topological polar surface area (TPSA) is 46.2 Å². The van der Waals surface area contributed by atoms with E-state index in [1.807, 2.05) is 11.8 Å². The first-order valence-corrected chi connectivity index (χ1v) is 9.46. The molecule has 24 heavy (non-hydrogen) atoms. The standard InChI is InChI=1S/C19H18ClNO2S/c20-14-7-5-13(6-8-14)18(22)16-3-1-2-4-17(16)19(23)21-15-9-11-24-12-10-15/h1-8,15H,9-12H2,(H,21,23). The van der Waals surface area contributed by atoms with Crippen molar-refractivity contribution >= 4 is 35.1 Å². The number of hydrogen-bond donors (Lipinski definition) is 1. The first-order chi connectivity index (χ1) is 11.6. The van der Waals surface area contributed by atoms with E-state index in [2.05, 4.69) is 5.32 Å². The number of hydrogen-bond acceptors (Lipinski definition) is 3. The second kappa shape index (κ2) is 7.86. The van der Waals surface area contributed by atoms with Crippen molar-refractivity contribution in [3.8, 4) is 0 Å². The van der Waals surface area contributed by atoms with Gasteiger partial charge in [-0.25, -0.2) is 0 Å². The fourth-order valence-corrected chi connectivity index (χ4v) is 3.97. The van der Waals surface area contributed by atoms with E-state index < -0.39 is 0 Å². The molecule has 0 aromatic heterocycles. The molecule has 5 heteroatoms. The molecule has 0 aliphatic carbocycles. The molecule has 1 heterocycles. The predicted octanol–water partition coefficient (Wildman–Crippen LogP) is 4.20. The Labute approximate surface area is 150 Å². The van der Waals surface area contributed by atoms with Gasteiger partial charge < -0.3 is 5.32 Å². The molecule has 1 saturated heterocycles. The molecular formula is C19H18ClNO2S. The van der Waals surface area contributed by atoms with E-state index in [0.29, 0.717) is 21.7 Å². The molecular weight excluding hydrogens is 342 g/mol. The molecule has 1 aliphatic heterocycles. The van der Waals surface area contributed by atoms with Crippen LogP contribution in [0.2, 0.25) is 5.02 Å². The van der Waals surface area contributed by atoms with Crippen LogP contribution in [0.5, 0.6) is 0 Å². The van der Waals surface area contributed by atoms with Crippen molar-refractivity contribution in [1.29, 1.82) is 0 Å². The molecule has 1 aliphatic rings. The monoisotopic (exact) mass is 359 g/mol. The van der Waals surface area contributed by atoms with Crippen molar-refractivity contribution in [3.05, 3.63) is 70.2 Å². The summed E-state index contributed by atoms with van der Waals surface area (Å²) in [5, 5.41) is 3.64. The van der Waals surface area contributed by atoms with E-state index in [4.69, 9.17) is 11.6 Å². The zero-order chi connectivity index (χ0) is 16.9. The molecule has 2 aromatic carbocycles. The van der Waals surface area contributed by atoms with Gasteiger partial charge in [0.2, 0.25) is 0 Å². The quantitative estimate of drug-likeness (QED) is 0.832. The number of carbonyl (C=O) groups is 2. The number of nitrogens with one attached hydrogen (secondary N) is 1. The predicted molar refractivity (Wildman–Crippen MR) is 99.1 cm³/mol. The molecule has 1 amide bonds. The molecule has 3 nitrogen and oxygen atoms in total. The first kappa shape index (κ1) is 17.1. The molecule has 0 saturated carbocycles. The van der Waals surface area contributed by atoms with Crippen LogP contribution in [0.4, 0.5) is 0 Å². The Morgan fingerprint density at radius 1 is 0.958 bits per heavy atom. The highest BCUT2D eigenvalue weighted by atomic mass is 35.5. The van der Waals surface area contributed by atoms with Crippen LogP contribution in [0.15, 0.2) is 48.5 Å². The summed E-state index contributed by atoms with van der Waals surface area (Å²) in [5.74, 6) is 1.79. The maximum atomic E-state index is 12.7. The van der Waals surface area contributed by atoms with Gasteiger partial charge in [0.05, 0.1) is 5.56 Å². The third-order valence-corrected chi connectivity index (χ3v) is 5.38. The van der Waals surface area contributed by atoms with Crippen molar-refractivity contribution in [2.45, 2.75) is 18.9 Å². The number of ketones is 1. The van der Waals surface area contributed by atoms with Gasteiger partial charge in [-0.3, -0.25) is 9.59 Å². The van der Waals surface area contributed by atoms with Crippen LogP contribution in [-0.4, -0.2) is 29.2 Å². The van der Waals surface area contributed by atoms with Crippen LogP contribution in [0.1, 0.15) is 39.1 Å². The number of thioether (sulfide) groups is 1. The third-order valence-electron chi connectivity index (χ3n) is 4.08. The summed E-state index contributed by atoms with van der Waals surface area (Å²) in [6, 6.07) is 13.9. The van der Waals surface area contributed by atoms with E-state index >= 15 is 0 Å². The molecule has 0 bridgehead atoms. The van der Waals surface area contributed by atoms with Crippen LogP contribution < -0.4 is 5.32 Å². The molecule has 0 radical (unpaired) electrons. The lowest BCUT2D eigenvalue weighted by Crippen LogP contribution is -2.38. The highest BCUT2D eigenvalue weighted by Gasteiger charge is 2.21. The Morgan fingerprint density at radius 2 is 1.58 bits per heavy atom. The summed E-state index contributed by atoms with van der Waals surface area (Å²) in [6.07, 6.45) is 1.95. The van der Waals surface area contributed by atoms with E-state index in [0.717, 1.165) is 24.3 Å². The number of halogens is 1. The van der Waals surface area contributed by atoms with Crippen molar-refractivity contribution < 1.29 is 9.59 Å². The summed E-state index contributed by atoms with van der Waals surface area (Å²) >= 11 is 7.79. The van der Waals surface area contributed by atoms with Crippen LogP contribution in [0.3, 0.4) is 0 Å². The Balaban J connectivity index is 1.83. The van der Waals surface area contributed by atoms with Crippen LogP contribution in [0.25, 0.3) is 0 Å². The van der Waals surface area contributed by atoms with Gasteiger partial charge in [-0.05, 0) is 54.7 Å². The number of rotatable bonds is 4. The van der Waals surface area contributed by atoms with Crippen molar-refractivity contribution in [1.82, 2.24) is 5.32 Å². The van der Waals surface area contributed by atoms with E-state index in [9.17, 15) is 9.59 Å². The van der Waals surface area contributed by atoms with Crippen molar-refractivity contribution in [2.75, 3.05) is 11.5 Å². The van der Waals surface area contributed by atoms with Gasteiger partial charge in [0, 0.05) is 22.2 Å². The second-order valence-corrected chi connectivity index (χ2v) is 7.40. The lowest BCUT2D eigenvalue weighted by atomic mass is 9.97. The Bertz CT molecular complexity index is 739. The average molecular weight is 360 g/mol. The average Bonchev–Trinajstić information content (AvgIpc) is 2.62. The number of benzene rings is 2. The Morgan fingerprint density at radius 3 is 2.25 bits per heavy atom. The molecule has 0 unspecified atom stereocenters. The van der Waals surface area contributed by atoms with Crippen LogP contribution in [0, 0.1) is 0 Å². The molecule has 0 spiro atoms. The van der Waals surface area contributed by atoms with Gasteiger partial charge >= 0.3 is 0 Å². The number of amides is 1. The third kappa shape index (κ3) is 4.00. The van der Waals surface area contributed by atoms with Gasteiger partial charge in [0.1, 0.15) is 0 Å². The Hall–Kier alpha value is -1.78. The summed E-state index contributed by atoms with van der Waals surface area (Å²) in [5.41, 5.74) is 1.37. The summed E-state index contributed by atoms with van der Waals surface area (Å²) in [6.45, 7) is 0. The summed E-state index contributed by atoms with van der Waals surface area (Å²) in [4.78, 5) is 25.4. The largest absolute Gasteiger partial charge is 0.349 e. The minimum Gasteiger partial charge on any atom is -0.349 e. The summed E-state index contributed by atoms with van der Waals surface area (Å²) < 4.78 is 0. The van der Waals surface area contributed by atoms with Crippen LogP contribution in [-0.2, 0) is 0 Å². The van der Waals surface area contributed by atoms with Gasteiger partial charge in [-0.1, -0.05) is 29.8 Å². The molecule has 1 fully saturated rings. The minimum absolute atomic E-state index is 0.170. The smallest absolute Gasteiger partial charge is 0.252 e. The van der Waals surface area contributed by atoms with Crippen molar-refractivity contribution in [3.63, 3.8) is 0 Å². The molecule has 0 atom stereocenters. The molecule has 124 valence electrons. The first-order valence-electron chi connectivity index (χ1n) is 7.93. The lowest BCUT2D eigenvalue weighted by molar-refractivity contribution is 0.0925. The molecule has 3 rings (SSSR count). The fraction of sp³-hybridized carbons (Fsp3) is 0.263. The minimum atomic E-state index is -0.176. The highest BCUT2D eigenvalue weighted by Crippen LogP contribution is 2.20. The van der Waals surface area contributed by atoms with Gasteiger partial charge in [-0.15, -0.1) is 0 Å². The van der Waals surface area contributed by atoms with E-state index in [-0.39, 0.29) is 17.7 Å². The SMILES string of the molecule is O=C(NC1CCSCC1)c1ccccc1C(=O)c1ccc(Cl)cc1. The summed E-state index contributed by atoms with van der Waals surface area (Å²) in [7, 11) is 0. The lowest BCUT2D eigenvalue weighted by Gasteiger charge is -2.23. The second-order valence-electron chi connectivity index (χ2n) is 5.74. The van der Waals surface area contributed by atoms with Gasteiger partial charge in [-0.2, -0.15) is 11.8 Å². The Kier molecular flexibility index (Phi) is 5.59. The maximum absolute atomic E-state index is 12.7. The van der Waals surface area contributed by atoms with Gasteiger partial charge in [0.15, 0.2) is 5.78 Å². The van der Waals surface area contributed by atoms with Crippen LogP contribution >= 0.6 is 23.4 Å². The zero-order valence-electron chi connectivity index (χ0n) is 13.1. The normalized spacial score (nSPS) is 15.0. The van der Waals surface area contributed by atoms with Gasteiger partial charge in [0.25, 0.3) is 5.91 Å². The highest BCUT2D eigenvalue weighted by molar-refractivity contribution is 7.99. The number of carbonyl (C=O) groups excluding carboxylic acids is 2. The van der Waals surface area contributed by atoms with E-state index in [1.165, 1.54) is 0 Å². The molecule has 2 aromatic rings. The fourth-order valence-electron chi connectivity index (χ4n) is 2.74. The van der Waals surface area contributed by atoms with Crippen molar-refractivity contribution in [2.24, 2.45) is 0 Å². The van der Waals surface area contributed by atoms with E-state index in [1.54, 1.807) is 48.5 Å². The maximum Gasteiger partial charge on any atom is 0.252 e.